The number of aliphatic hydroxyl groups excluding tert-OH is 1. The minimum absolute atomic E-state index is 0.0407. The Hall–Kier alpha value is -1.39. The van der Waals surface area contributed by atoms with Crippen molar-refractivity contribution in [2.24, 2.45) is 0 Å². The summed E-state index contributed by atoms with van der Waals surface area (Å²) in [5.74, 6) is -0.0490. The van der Waals surface area contributed by atoms with Crippen molar-refractivity contribution < 1.29 is 14.6 Å². The fraction of sp³-hybridized carbons (Fsp3) is 0.462. The van der Waals surface area contributed by atoms with Gasteiger partial charge in [0.2, 0.25) is 0 Å². The molecule has 4 heteroatoms. The zero-order valence-electron chi connectivity index (χ0n) is 10.1. The van der Waals surface area contributed by atoms with Gasteiger partial charge in [-0.3, -0.25) is 4.79 Å². The summed E-state index contributed by atoms with van der Waals surface area (Å²) in [7, 11) is 0. The number of aryl methyl sites for hydroxylation is 2. The number of aliphatic hydroxyl groups is 1. The number of carbonyl (C=O) groups is 1. The van der Waals surface area contributed by atoms with Crippen LogP contribution in [0.4, 0.5) is 5.69 Å². The first kappa shape index (κ1) is 12.1. The number of hydrogen-bond acceptors (Lipinski definition) is 3. The average Bonchev–Trinajstić information content (AvgIpc) is 2.31. The Labute approximate surface area is 101 Å². The van der Waals surface area contributed by atoms with Crippen molar-refractivity contribution in [2.75, 3.05) is 24.7 Å². The molecule has 1 aromatic rings. The molecule has 0 bridgehead atoms. The maximum atomic E-state index is 11.9. The van der Waals surface area contributed by atoms with E-state index >= 15 is 0 Å². The lowest BCUT2D eigenvalue weighted by Crippen LogP contribution is -2.48. The van der Waals surface area contributed by atoms with Crippen molar-refractivity contribution in [3.63, 3.8) is 0 Å². The molecule has 1 amide bonds. The number of morpholine rings is 1. The van der Waals surface area contributed by atoms with Crippen LogP contribution in [-0.4, -0.2) is 36.9 Å². The lowest BCUT2D eigenvalue weighted by Gasteiger charge is -2.33. The van der Waals surface area contributed by atoms with Crippen molar-refractivity contribution in [1.29, 1.82) is 0 Å². The quantitative estimate of drug-likeness (QED) is 0.833. The molecule has 0 radical (unpaired) electrons. The molecule has 1 saturated heterocycles. The topological polar surface area (TPSA) is 49.8 Å². The number of anilines is 1. The molecule has 1 aliphatic rings. The smallest absolute Gasteiger partial charge is 0.253 e. The molecule has 1 unspecified atom stereocenters. The third-order valence-corrected chi connectivity index (χ3v) is 3.04. The van der Waals surface area contributed by atoms with Gasteiger partial charge in [0, 0.05) is 5.69 Å². The predicted octanol–water partition coefficient (Wildman–Crippen LogP) is 1.03. The van der Waals surface area contributed by atoms with Crippen LogP contribution in [0.1, 0.15) is 11.1 Å². The maximum Gasteiger partial charge on any atom is 0.253 e. The number of amides is 1. The molecule has 1 atom stereocenters. The van der Waals surface area contributed by atoms with Crippen LogP contribution in [0.15, 0.2) is 18.2 Å². The first-order valence-corrected chi connectivity index (χ1v) is 5.72. The minimum Gasteiger partial charge on any atom is -0.394 e. The third kappa shape index (κ3) is 2.33. The van der Waals surface area contributed by atoms with Crippen molar-refractivity contribution in [1.82, 2.24) is 0 Å². The standard InChI is InChI=1S/C13H17NO3/c1-9-4-3-5-10(2)13(9)14-6-11(7-15)17-8-12(14)16/h3-5,11,15H,6-8H2,1-2H3. The average molecular weight is 235 g/mol. The molecular weight excluding hydrogens is 218 g/mol. The highest BCUT2D eigenvalue weighted by Gasteiger charge is 2.28. The molecule has 1 aliphatic heterocycles. The van der Waals surface area contributed by atoms with Gasteiger partial charge >= 0.3 is 0 Å². The molecular formula is C13H17NO3. The monoisotopic (exact) mass is 235 g/mol. The second kappa shape index (κ2) is 4.85. The lowest BCUT2D eigenvalue weighted by molar-refractivity contribution is -0.130. The van der Waals surface area contributed by atoms with Crippen molar-refractivity contribution in [3.8, 4) is 0 Å². The van der Waals surface area contributed by atoms with Crippen LogP contribution in [-0.2, 0) is 9.53 Å². The second-order valence-corrected chi connectivity index (χ2v) is 4.36. The van der Waals surface area contributed by atoms with Gasteiger partial charge in [-0.25, -0.2) is 0 Å². The Balaban J connectivity index is 2.34. The van der Waals surface area contributed by atoms with E-state index < -0.39 is 0 Å². The number of hydrogen-bond donors (Lipinski definition) is 1. The summed E-state index contributed by atoms with van der Waals surface area (Å²) in [5, 5.41) is 9.12. The predicted molar refractivity (Wildman–Crippen MR) is 65.1 cm³/mol. The van der Waals surface area contributed by atoms with Crippen molar-refractivity contribution in [2.45, 2.75) is 20.0 Å². The lowest BCUT2D eigenvalue weighted by atomic mass is 10.1. The number of rotatable bonds is 2. The number of nitrogens with zero attached hydrogens (tertiary/aromatic N) is 1. The summed E-state index contributed by atoms with van der Waals surface area (Å²) in [4.78, 5) is 13.6. The number of carbonyl (C=O) groups excluding carboxylic acids is 1. The Bertz CT molecular complexity index is 410. The van der Waals surface area contributed by atoms with E-state index in [0.717, 1.165) is 16.8 Å². The van der Waals surface area contributed by atoms with Gasteiger partial charge in [0.25, 0.3) is 5.91 Å². The molecule has 2 rings (SSSR count). The van der Waals surface area contributed by atoms with E-state index in [2.05, 4.69) is 0 Å². The Kier molecular flexibility index (Phi) is 3.45. The largest absolute Gasteiger partial charge is 0.394 e. The molecule has 1 N–H and O–H groups in total. The number of ether oxygens (including phenoxy) is 1. The fourth-order valence-corrected chi connectivity index (χ4v) is 2.18. The first-order valence-electron chi connectivity index (χ1n) is 5.72. The Morgan fingerprint density at radius 3 is 2.65 bits per heavy atom. The summed E-state index contributed by atoms with van der Waals surface area (Å²) in [6, 6.07) is 5.95. The van der Waals surface area contributed by atoms with Crippen LogP contribution in [0, 0.1) is 13.8 Å². The molecule has 4 nitrogen and oxygen atoms in total. The van der Waals surface area contributed by atoms with Gasteiger partial charge in [0.1, 0.15) is 6.61 Å². The molecule has 0 saturated carbocycles. The maximum absolute atomic E-state index is 11.9. The van der Waals surface area contributed by atoms with Crippen LogP contribution < -0.4 is 4.90 Å². The highest BCUT2D eigenvalue weighted by molar-refractivity contribution is 5.96. The van der Waals surface area contributed by atoms with Gasteiger partial charge in [-0.15, -0.1) is 0 Å². The number of para-hydroxylation sites is 1. The second-order valence-electron chi connectivity index (χ2n) is 4.36. The molecule has 0 aliphatic carbocycles. The van der Waals surface area contributed by atoms with Gasteiger partial charge in [0.05, 0.1) is 19.3 Å². The summed E-state index contributed by atoms with van der Waals surface area (Å²) >= 11 is 0. The van der Waals surface area contributed by atoms with E-state index in [1.165, 1.54) is 0 Å². The van der Waals surface area contributed by atoms with Gasteiger partial charge in [0.15, 0.2) is 0 Å². The SMILES string of the molecule is Cc1cccc(C)c1N1CC(CO)OCC1=O. The third-order valence-electron chi connectivity index (χ3n) is 3.04. The van der Waals surface area contributed by atoms with Crippen molar-refractivity contribution >= 4 is 11.6 Å². The summed E-state index contributed by atoms with van der Waals surface area (Å²) in [5.41, 5.74) is 3.08. The molecule has 0 spiro atoms. The van der Waals surface area contributed by atoms with E-state index in [1.807, 2.05) is 32.0 Å². The summed E-state index contributed by atoms with van der Waals surface area (Å²) < 4.78 is 5.23. The highest BCUT2D eigenvalue weighted by Crippen LogP contribution is 2.26. The molecule has 0 aromatic heterocycles. The first-order chi connectivity index (χ1) is 8.13. The highest BCUT2D eigenvalue weighted by atomic mass is 16.5. The van der Waals surface area contributed by atoms with E-state index in [1.54, 1.807) is 4.90 Å². The van der Waals surface area contributed by atoms with Crippen LogP contribution in [0.5, 0.6) is 0 Å². The molecule has 1 heterocycles. The van der Waals surface area contributed by atoms with Crippen LogP contribution in [0.2, 0.25) is 0 Å². The van der Waals surface area contributed by atoms with E-state index in [9.17, 15) is 4.79 Å². The summed E-state index contributed by atoms with van der Waals surface area (Å²) in [6.45, 7) is 4.37. The minimum atomic E-state index is -0.285. The van der Waals surface area contributed by atoms with E-state index in [4.69, 9.17) is 9.84 Å². The zero-order chi connectivity index (χ0) is 12.4. The molecule has 17 heavy (non-hydrogen) atoms. The van der Waals surface area contributed by atoms with Crippen LogP contribution >= 0.6 is 0 Å². The summed E-state index contributed by atoms with van der Waals surface area (Å²) in [6.07, 6.45) is -0.285. The zero-order valence-corrected chi connectivity index (χ0v) is 10.1. The normalized spacial score (nSPS) is 20.8. The fourth-order valence-electron chi connectivity index (χ4n) is 2.18. The molecule has 1 fully saturated rings. The van der Waals surface area contributed by atoms with Gasteiger partial charge in [-0.2, -0.15) is 0 Å². The Morgan fingerprint density at radius 2 is 2.06 bits per heavy atom. The van der Waals surface area contributed by atoms with Gasteiger partial charge < -0.3 is 14.7 Å². The molecule has 92 valence electrons. The van der Waals surface area contributed by atoms with Crippen LogP contribution in [0.3, 0.4) is 0 Å². The van der Waals surface area contributed by atoms with Gasteiger partial charge in [-0.1, -0.05) is 18.2 Å². The van der Waals surface area contributed by atoms with E-state index in [-0.39, 0.29) is 25.2 Å². The van der Waals surface area contributed by atoms with Crippen molar-refractivity contribution in [3.05, 3.63) is 29.3 Å². The Morgan fingerprint density at radius 1 is 1.41 bits per heavy atom. The van der Waals surface area contributed by atoms with E-state index in [0.29, 0.717) is 6.54 Å². The molecule has 1 aromatic carbocycles. The van der Waals surface area contributed by atoms with Gasteiger partial charge in [-0.05, 0) is 25.0 Å². The van der Waals surface area contributed by atoms with Crippen LogP contribution in [0.25, 0.3) is 0 Å². The number of benzene rings is 1.